The Bertz CT molecular complexity index is 9390. The van der Waals surface area contributed by atoms with Crippen molar-refractivity contribution in [3.05, 3.63) is 454 Å². The normalized spacial score (nSPS) is 11.6. The van der Waals surface area contributed by atoms with E-state index in [1.165, 1.54) is 216 Å². The van der Waals surface area contributed by atoms with Gasteiger partial charge in [0, 0.05) is 226 Å². The molecule has 10 heterocycles. The Morgan fingerprint density at radius 2 is 0.547 bits per heavy atom. The maximum atomic E-state index is 6.17. The van der Waals surface area contributed by atoms with Gasteiger partial charge in [-0.25, -0.2) is 0 Å². The lowest BCUT2D eigenvalue weighted by atomic mass is 10.1. The molecule has 0 spiro atoms. The minimum Gasteiger partial charge on any atom is -0.456 e. The predicted octanol–water partition coefficient (Wildman–Crippen LogP) is 36.0. The second-order valence-electron chi connectivity index (χ2n) is 35.7. The summed E-state index contributed by atoms with van der Waals surface area (Å²) < 4.78 is 35.2. The summed E-state index contributed by atoms with van der Waals surface area (Å²) in [6.45, 7) is 2.11. The van der Waals surface area contributed by atoms with Crippen molar-refractivity contribution < 1.29 is 13.3 Å². The van der Waals surface area contributed by atoms with E-state index in [1.54, 1.807) is 0 Å². The first-order valence-corrected chi connectivity index (χ1v) is 48.7. The number of thiophene rings is 2. The summed E-state index contributed by atoms with van der Waals surface area (Å²) in [5.41, 5.74) is 25.6. The van der Waals surface area contributed by atoms with E-state index in [1.807, 2.05) is 83.3 Å². The number of furan rings is 3. The molecular formula is C127H95N7O3S2. The molecule has 30 rings (SSSR count). The van der Waals surface area contributed by atoms with Gasteiger partial charge in [0.05, 0.1) is 26.6 Å². The number of hydrogen-bond donors (Lipinski definition) is 0. The molecule has 0 aliphatic carbocycles. The second-order valence-corrected chi connectivity index (χ2v) is 37.8. The van der Waals surface area contributed by atoms with Crippen LogP contribution in [0.5, 0.6) is 0 Å². The number of anilines is 5. The molecule has 0 N–H and O–H groups in total. The second kappa shape index (κ2) is 35.6. The quantitative estimate of drug-likeness (QED) is 0.172. The number of aromatic nitrogens is 5. The van der Waals surface area contributed by atoms with Crippen LogP contribution in [-0.4, -0.2) is 29.9 Å². The highest BCUT2D eigenvalue weighted by Crippen LogP contribution is 2.46. The van der Waals surface area contributed by atoms with Gasteiger partial charge in [0.2, 0.25) is 0 Å². The smallest absolute Gasteiger partial charge is 0.159 e. The number of aryl methyl sites for hydroxylation is 6. The Morgan fingerprint density at radius 3 is 1.08 bits per heavy atom. The zero-order valence-corrected chi connectivity index (χ0v) is 79.5. The summed E-state index contributed by atoms with van der Waals surface area (Å²) >= 11 is 3.78. The molecule has 0 unspecified atom stereocenters. The lowest BCUT2D eigenvalue weighted by Gasteiger charge is -2.25. The van der Waals surface area contributed by atoms with Gasteiger partial charge in [-0.05, 0) is 171 Å². The molecule has 668 valence electrons. The Balaban J connectivity index is 0.0000000884. The number of hydrogen-bond acceptors (Lipinski definition) is 7. The van der Waals surface area contributed by atoms with E-state index < -0.39 is 0 Å². The van der Waals surface area contributed by atoms with Crippen molar-refractivity contribution in [3.8, 4) is 0 Å². The Morgan fingerprint density at radius 1 is 0.201 bits per heavy atom. The average molecular weight is 1830 g/mol. The largest absolute Gasteiger partial charge is 0.456 e. The lowest BCUT2D eigenvalue weighted by molar-refractivity contribution is 0.669. The van der Waals surface area contributed by atoms with Crippen LogP contribution in [0.15, 0.2) is 462 Å². The molecular weight excluding hydrogens is 1740 g/mol. The van der Waals surface area contributed by atoms with Gasteiger partial charge < -0.3 is 45.9 Å². The number of para-hydroxylation sites is 12. The van der Waals surface area contributed by atoms with E-state index in [0.29, 0.717) is 0 Å². The standard InChI is InChI=1S/3C19H13NO.2C19H13NS.C19H17N.C13H13N/c1-20-15-8-4-2-7-14(15)18-16(20)11-10-13-12-6-3-5-9-17(12)21-19(13)18;1-20-16-8-4-2-6-12(16)14-11-19-15(10-17(14)20)13-7-3-5-9-18(13)21-19;1-20-16-8-4-2-6-12(16)14-10-11-15-13-7-3-5-9-17(13)21-19(15)18(14)20;1-20-16-8-4-2-6-12(16)14-11-19-15(10-17(14)20)13-7-3-5-9-18(13)21-19;1-20-16-8-4-2-6-12(16)14-10-11-15-13-7-3-5-9-17(13)21-19(15)18(14)20;1-16-12-14-19(15-13-16)20(17-8-4-2-5-9-17)18-10-6-3-7-11-18;1-14(12-8-4-2-5-9-12)13-10-6-3-7-11-13/h5*2-11H,1H3;2-15H,1H3;2-11H,1H3. The minimum absolute atomic E-state index is 0.949. The molecule has 0 amide bonds. The molecule has 139 heavy (non-hydrogen) atoms. The Labute approximate surface area is 809 Å². The molecule has 10 nitrogen and oxygen atoms in total. The number of fused-ring (bicyclic) bond motifs is 33. The van der Waals surface area contributed by atoms with Gasteiger partial charge in [0.25, 0.3) is 0 Å². The monoisotopic (exact) mass is 1830 g/mol. The van der Waals surface area contributed by atoms with E-state index in [4.69, 9.17) is 13.3 Å². The minimum atomic E-state index is 0.949. The van der Waals surface area contributed by atoms with Gasteiger partial charge in [0.15, 0.2) is 5.58 Å². The van der Waals surface area contributed by atoms with Crippen LogP contribution < -0.4 is 9.80 Å². The molecule has 0 radical (unpaired) electrons. The first kappa shape index (κ1) is 84.8. The van der Waals surface area contributed by atoms with Gasteiger partial charge in [0.1, 0.15) is 27.9 Å². The third-order valence-electron chi connectivity index (χ3n) is 27.7. The predicted molar refractivity (Wildman–Crippen MR) is 597 cm³/mol. The Kier molecular flexibility index (Phi) is 21.7. The summed E-state index contributed by atoms with van der Waals surface area (Å²) in [7, 11) is 12.7. The van der Waals surface area contributed by atoms with Gasteiger partial charge in [-0.3, -0.25) is 0 Å². The third kappa shape index (κ3) is 15.0. The van der Waals surface area contributed by atoms with Crippen LogP contribution in [0.25, 0.3) is 215 Å². The van der Waals surface area contributed by atoms with E-state index >= 15 is 0 Å². The van der Waals surface area contributed by atoms with E-state index in [2.05, 4.69) is 470 Å². The number of rotatable bonds is 5. The van der Waals surface area contributed by atoms with Gasteiger partial charge in [-0.2, -0.15) is 0 Å². The van der Waals surface area contributed by atoms with Crippen molar-refractivity contribution in [1.82, 2.24) is 22.8 Å². The van der Waals surface area contributed by atoms with Crippen molar-refractivity contribution in [2.75, 3.05) is 16.8 Å². The molecule has 0 saturated heterocycles. The van der Waals surface area contributed by atoms with Crippen molar-refractivity contribution in [2.24, 2.45) is 35.2 Å². The van der Waals surface area contributed by atoms with Gasteiger partial charge >= 0.3 is 0 Å². The van der Waals surface area contributed by atoms with Crippen molar-refractivity contribution in [3.63, 3.8) is 0 Å². The topological polar surface area (TPSA) is 70.6 Å². The molecule has 10 aromatic heterocycles. The Hall–Kier alpha value is -17.2. The van der Waals surface area contributed by atoms with Crippen LogP contribution in [0.2, 0.25) is 0 Å². The first-order valence-electron chi connectivity index (χ1n) is 47.1. The molecule has 0 saturated carbocycles. The van der Waals surface area contributed by atoms with Crippen LogP contribution in [0.4, 0.5) is 28.4 Å². The zero-order chi connectivity index (χ0) is 93.5. The van der Waals surface area contributed by atoms with Crippen LogP contribution in [0.3, 0.4) is 0 Å². The molecule has 0 aliphatic heterocycles. The van der Waals surface area contributed by atoms with Crippen LogP contribution in [0, 0.1) is 6.92 Å². The van der Waals surface area contributed by atoms with E-state index in [-0.39, 0.29) is 0 Å². The number of benzene rings is 20. The zero-order valence-electron chi connectivity index (χ0n) is 77.9. The van der Waals surface area contributed by atoms with Crippen LogP contribution in [0.1, 0.15) is 5.56 Å². The maximum Gasteiger partial charge on any atom is 0.159 e. The van der Waals surface area contributed by atoms with Gasteiger partial charge in [-0.15, -0.1) is 22.7 Å². The molecule has 0 fully saturated rings. The number of nitrogens with zero attached hydrogens (tertiary/aromatic N) is 7. The highest BCUT2D eigenvalue weighted by atomic mass is 32.1. The third-order valence-corrected chi connectivity index (χ3v) is 30.0. The molecule has 12 heteroatoms. The van der Waals surface area contributed by atoms with Crippen LogP contribution >= 0.6 is 22.7 Å². The molecule has 0 atom stereocenters. The molecule has 0 bridgehead atoms. The summed E-state index contributed by atoms with van der Waals surface area (Å²) in [5.74, 6) is 0. The summed E-state index contributed by atoms with van der Waals surface area (Å²) in [5, 5.41) is 25.5. The fourth-order valence-electron chi connectivity index (χ4n) is 20.8. The SMILES string of the molecule is CN(c1ccccc1)c1ccccc1.Cc1ccc(N(c2ccccc2)c2ccccc2)cc1.Cn1c2ccccc2c2c3oc4ccccc4c3ccc21.Cn1c2ccccc2c2cc3oc4ccccc4c3cc21.Cn1c2ccccc2c2cc3sc4ccccc4c3cc21.Cn1c2ccccc2c2ccc3c4ccccc4oc3c21.Cn1c2ccccc2c2ccc3c4ccccc4sc3c21. The van der Waals surface area contributed by atoms with E-state index in [9.17, 15) is 0 Å². The van der Waals surface area contributed by atoms with Crippen molar-refractivity contribution >= 4 is 266 Å². The first-order chi connectivity index (χ1) is 68.4. The lowest BCUT2D eigenvalue weighted by Crippen LogP contribution is -2.09. The van der Waals surface area contributed by atoms with Crippen LogP contribution in [-0.2, 0) is 35.2 Å². The summed E-state index contributed by atoms with van der Waals surface area (Å²) in [6.07, 6.45) is 0. The van der Waals surface area contributed by atoms with Crippen molar-refractivity contribution in [1.29, 1.82) is 0 Å². The summed E-state index contributed by atoms with van der Waals surface area (Å²) in [6, 6.07) is 157. The van der Waals surface area contributed by atoms with Crippen molar-refractivity contribution in [2.45, 2.75) is 6.92 Å². The fourth-order valence-corrected chi connectivity index (χ4v) is 23.2. The maximum absolute atomic E-state index is 6.17. The summed E-state index contributed by atoms with van der Waals surface area (Å²) in [4.78, 5) is 4.43. The molecule has 0 aliphatic rings. The fraction of sp³-hybridized carbons (Fsp3) is 0.0551. The van der Waals surface area contributed by atoms with E-state index in [0.717, 1.165) is 33.5 Å². The average Bonchev–Trinajstić information content (AvgIpc) is 1.71. The highest BCUT2D eigenvalue weighted by molar-refractivity contribution is 7.27. The highest BCUT2D eigenvalue weighted by Gasteiger charge is 2.22. The molecule has 20 aromatic carbocycles. The van der Waals surface area contributed by atoms with Gasteiger partial charge in [-0.1, -0.05) is 291 Å². The molecule has 30 aromatic rings.